The molecule has 1 rings (SSSR count). The lowest BCUT2D eigenvalue weighted by molar-refractivity contribution is -0.0512. The van der Waals surface area contributed by atoms with E-state index in [1.807, 2.05) is 6.92 Å². The first-order chi connectivity index (χ1) is 13.4. The van der Waals surface area contributed by atoms with Crippen molar-refractivity contribution in [3.05, 3.63) is 23.8 Å². The standard InChI is InChI=1S/C20H33F2N3O3/c1-5-23-20(25-13-16(8-9-26)10-14(2)3)24-12-15-6-7-17(27-4)18(11-15)28-19(21)22/h6-7,11,14,16,19,26H,5,8-10,12-13H2,1-4H3,(H2,23,24,25). The number of hydrogen-bond donors (Lipinski definition) is 3. The molecule has 0 radical (unpaired) electrons. The first-order valence-corrected chi connectivity index (χ1v) is 9.64. The number of nitrogens with zero attached hydrogens (tertiary/aromatic N) is 1. The number of aliphatic hydroxyl groups excluding tert-OH is 1. The van der Waals surface area contributed by atoms with Gasteiger partial charge in [-0.15, -0.1) is 0 Å². The molecule has 0 amide bonds. The minimum atomic E-state index is -2.92. The highest BCUT2D eigenvalue weighted by Crippen LogP contribution is 2.29. The first kappa shape index (κ1) is 23.9. The van der Waals surface area contributed by atoms with E-state index >= 15 is 0 Å². The van der Waals surface area contributed by atoms with Crippen molar-refractivity contribution < 1.29 is 23.4 Å². The van der Waals surface area contributed by atoms with E-state index < -0.39 is 6.61 Å². The highest BCUT2D eigenvalue weighted by molar-refractivity contribution is 5.79. The van der Waals surface area contributed by atoms with Gasteiger partial charge in [-0.25, -0.2) is 4.99 Å². The Hall–Kier alpha value is -2.09. The highest BCUT2D eigenvalue weighted by atomic mass is 19.3. The van der Waals surface area contributed by atoms with Crippen LogP contribution in [0.2, 0.25) is 0 Å². The van der Waals surface area contributed by atoms with E-state index in [1.54, 1.807) is 12.1 Å². The molecule has 0 aliphatic heterocycles. The maximum absolute atomic E-state index is 12.6. The van der Waals surface area contributed by atoms with Crippen LogP contribution in [-0.4, -0.2) is 44.5 Å². The fourth-order valence-corrected chi connectivity index (χ4v) is 2.91. The number of ether oxygens (including phenoxy) is 2. The molecule has 1 aromatic rings. The minimum absolute atomic E-state index is 0.0110. The van der Waals surface area contributed by atoms with Crippen LogP contribution < -0.4 is 20.1 Å². The average molecular weight is 401 g/mol. The normalized spacial score (nSPS) is 13.0. The molecule has 0 aliphatic carbocycles. The molecule has 0 saturated carbocycles. The van der Waals surface area contributed by atoms with E-state index in [0.29, 0.717) is 37.4 Å². The number of aliphatic hydroxyl groups is 1. The van der Waals surface area contributed by atoms with E-state index in [2.05, 4.69) is 34.2 Å². The van der Waals surface area contributed by atoms with Crippen molar-refractivity contribution in [2.45, 2.75) is 46.8 Å². The van der Waals surface area contributed by atoms with Crippen molar-refractivity contribution >= 4 is 5.96 Å². The first-order valence-electron chi connectivity index (χ1n) is 9.64. The summed E-state index contributed by atoms with van der Waals surface area (Å²) >= 11 is 0. The lowest BCUT2D eigenvalue weighted by Gasteiger charge is -2.20. The SMILES string of the molecule is CCNC(=NCc1ccc(OC)c(OC(F)F)c1)NCC(CCO)CC(C)C. The molecule has 1 unspecified atom stereocenters. The topological polar surface area (TPSA) is 75.1 Å². The summed E-state index contributed by atoms with van der Waals surface area (Å²) in [5.74, 6) is 1.77. The quantitative estimate of drug-likeness (QED) is 0.370. The molecule has 0 spiro atoms. The molecule has 0 aliphatic rings. The van der Waals surface area contributed by atoms with Gasteiger partial charge in [0.1, 0.15) is 0 Å². The molecule has 0 aromatic heterocycles. The lowest BCUT2D eigenvalue weighted by Crippen LogP contribution is -2.40. The summed E-state index contributed by atoms with van der Waals surface area (Å²) in [6.45, 7) is 5.23. The molecule has 8 heteroatoms. The van der Waals surface area contributed by atoms with Crippen molar-refractivity contribution in [3.8, 4) is 11.5 Å². The third-order valence-electron chi connectivity index (χ3n) is 4.11. The second kappa shape index (κ2) is 13.1. The summed E-state index contributed by atoms with van der Waals surface area (Å²) in [5, 5.41) is 15.7. The van der Waals surface area contributed by atoms with E-state index in [1.165, 1.54) is 13.2 Å². The molecule has 0 heterocycles. The van der Waals surface area contributed by atoms with Gasteiger partial charge in [0, 0.05) is 19.7 Å². The molecule has 3 N–H and O–H groups in total. The van der Waals surface area contributed by atoms with E-state index in [4.69, 9.17) is 4.74 Å². The van der Waals surface area contributed by atoms with Gasteiger partial charge in [0.2, 0.25) is 0 Å². The Morgan fingerprint density at radius 1 is 1.21 bits per heavy atom. The smallest absolute Gasteiger partial charge is 0.387 e. The Morgan fingerprint density at radius 2 is 1.96 bits per heavy atom. The average Bonchev–Trinajstić information content (AvgIpc) is 2.63. The van der Waals surface area contributed by atoms with Gasteiger partial charge < -0.3 is 25.2 Å². The zero-order valence-electron chi connectivity index (χ0n) is 17.2. The van der Waals surface area contributed by atoms with Crippen LogP contribution in [0.5, 0.6) is 11.5 Å². The Balaban J connectivity index is 2.80. The van der Waals surface area contributed by atoms with Crippen LogP contribution in [0.15, 0.2) is 23.2 Å². The summed E-state index contributed by atoms with van der Waals surface area (Å²) in [6, 6.07) is 4.85. The summed E-state index contributed by atoms with van der Waals surface area (Å²) in [7, 11) is 1.40. The van der Waals surface area contributed by atoms with Crippen LogP contribution in [-0.2, 0) is 6.54 Å². The summed E-state index contributed by atoms with van der Waals surface area (Å²) in [4.78, 5) is 4.52. The second-order valence-electron chi connectivity index (χ2n) is 6.95. The maximum Gasteiger partial charge on any atom is 0.387 e. The predicted molar refractivity (Wildman–Crippen MR) is 107 cm³/mol. The number of halogens is 2. The number of guanidine groups is 1. The minimum Gasteiger partial charge on any atom is -0.493 e. The van der Waals surface area contributed by atoms with Crippen LogP contribution in [0, 0.1) is 11.8 Å². The molecular formula is C20H33F2N3O3. The van der Waals surface area contributed by atoms with Crippen molar-refractivity contribution in [2.24, 2.45) is 16.8 Å². The zero-order valence-corrected chi connectivity index (χ0v) is 17.2. The molecule has 1 atom stereocenters. The summed E-state index contributed by atoms with van der Waals surface area (Å²) < 4.78 is 34.7. The number of benzene rings is 1. The van der Waals surface area contributed by atoms with E-state index in [9.17, 15) is 13.9 Å². The monoisotopic (exact) mass is 401 g/mol. The van der Waals surface area contributed by atoms with E-state index in [0.717, 1.165) is 18.4 Å². The maximum atomic E-state index is 12.6. The molecule has 28 heavy (non-hydrogen) atoms. The molecule has 1 aromatic carbocycles. The molecule has 0 saturated heterocycles. The molecular weight excluding hydrogens is 368 g/mol. The fraction of sp³-hybridized carbons (Fsp3) is 0.650. The molecule has 160 valence electrons. The van der Waals surface area contributed by atoms with Gasteiger partial charge in [0.25, 0.3) is 0 Å². The van der Waals surface area contributed by atoms with Gasteiger partial charge in [-0.3, -0.25) is 0 Å². The molecule has 0 fully saturated rings. The van der Waals surface area contributed by atoms with Crippen molar-refractivity contribution in [1.29, 1.82) is 0 Å². The van der Waals surface area contributed by atoms with Gasteiger partial charge in [0.05, 0.1) is 13.7 Å². The summed E-state index contributed by atoms with van der Waals surface area (Å²) in [5.41, 5.74) is 0.725. The Labute approximate surface area is 166 Å². The number of methoxy groups -OCH3 is 1. The van der Waals surface area contributed by atoms with E-state index in [-0.39, 0.29) is 18.1 Å². The Morgan fingerprint density at radius 3 is 2.54 bits per heavy atom. The van der Waals surface area contributed by atoms with Gasteiger partial charge in [-0.05, 0) is 49.3 Å². The predicted octanol–water partition coefficient (Wildman–Crippen LogP) is 3.40. The second-order valence-corrected chi connectivity index (χ2v) is 6.95. The number of rotatable bonds is 12. The number of hydrogen-bond acceptors (Lipinski definition) is 4. The lowest BCUT2D eigenvalue weighted by atomic mass is 9.94. The van der Waals surface area contributed by atoms with Crippen LogP contribution >= 0.6 is 0 Å². The highest BCUT2D eigenvalue weighted by Gasteiger charge is 2.13. The van der Waals surface area contributed by atoms with Crippen LogP contribution in [0.3, 0.4) is 0 Å². The van der Waals surface area contributed by atoms with Crippen molar-refractivity contribution in [3.63, 3.8) is 0 Å². The van der Waals surface area contributed by atoms with Crippen LogP contribution in [0.1, 0.15) is 39.2 Å². The Bertz CT molecular complexity index is 598. The zero-order chi connectivity index (χ0) is 20.9. The van der Waals surface area contributed by atoms with Crippen molar-refractivity contribution in [2.75, 3.05) is 26.8 Å². The third-order valence-corrected chi connectivity index (χ3v) is 4.11. The summed E-state index contributed by atoms with van der Waals surface area (Å²) in [6.07, 6.45) is 1.75. The van der Waals surface area contributed by atoms with Crippen molar-refractivity contribution in [1.82, 2.24) is 10.6 Å². The van der Waals surface area contributed by atoms with Gasteiger partial charge in [-0.1, -0.05) is 19.9 Å². The van der Waals surface area contributed by atoms with Gasteiger partial charge in [0.15, 0.2) is 17.5 Å². The van der Waals surface area contributed by atoms with Gasteiger partial charge in [-0.2, -0.15) is 8.78 Å². The fourth-order valence-electron chi connectivity index (χ4n) is 2.91. The van der Waals surface area contributed by atoms with Gasteiger partial charge >= 0.3 is 6.61 Å². The third kappa shape index (κ3) is 9.21. The van der Waals surface area contributed by atoms with Crippen LogP contribution in [0.4, 0.5) is 8.78 Å². The Kier molecular flexibility index (Phi) is 11.2. The number of aliphatic imine (C=N–C) groups is 1. The number of alkyl halides is 2. The molecule has 0 bridgehead atoms. The largest absolute Gasteiger partial charge is 0.493 e. The molecule has 6 nitrogen and oxygen atoms in total. The number of nitrogens with one attached hydrogen (secondary N) is 2. The van der Waals surface area contributed by atoms with Crippen LogP contribution in [0.25, 0.3) is 0 Å².